The number of hydrogen-bond acceptors (Lipinski definition) is 5. The Bertz CT molecular complexity index is 1750. The minimum atomic E-state index is -1.32. The minimum absolute atomic E-state index is 0.0546. The molecule has 0 radical (unpaired) electrons. The van der Waals surface area contributed by atoms with Crippen molar-refractivity contribution in [2.75, 3.05) is 6.61 Å². The van der Waals surface area contributed by atoms with Crippen LogP contribution in [0.1, 0.15) is 74.3 Å². The highest BCUT2D eigenvalue weighted by atomic mass is 16.5. The Kier molecular flexibility index (Phi) is 8.53. The van der Waals surface area contributed by atoms with Gasteiger partial charge in [-0.15, -0.1) is 0 Å². The molecule has 2 fully saturated rings. The molecular weight excluding hydrogens is 574 g/mol. The maximum atomic E-state index is 12.8. The molecule has 1 aromatic heterocycles. The summed E-state index contributed by atoms with van der Waals surface area (Å²) >= 11 is 0. The van der Waals surface area contributed by atoms with Gasteiger partial charge in [-0.3, -0.25) is 0 Å². The standard InChI is InChI=1S/C40H41NO5/c1-27-36(41-38(45-27)33-14-8-13-32(24-33)30-11-6-3-7-12-30)21-22-44-37-20-15-28-23-34(37)26-40(25-28,39(42)43)46-35-18-16-31(17-19-35)29-9-4-2-5-10-29/h3,6-8,11-20,24,29,34H,2,4-5,9-10,21-23,25-26H2,1H3,(H,42,43). The molecule has 236 valence electrons. The molecule has 2 atom stereocenters. The van der Waals surface area contributed by atoms with E-state index in [0.29, 0.717) is 43.4 Å². The third-order valence-electron chi connectivity index (χ3n) is 9.86. The van der Waals surface area contributed by atoms with Crippen LogP contribution in [0.2, 0.25) is 0 Å². The lowest BCUT2D eigenvalue weighted by Crippen LogP contribution is -2.49. The van der Waals surface area contributed by atoms with Crippen molar-refractivity contribution in [3.05, 3.63) is 119 Å². The third-order valence-corrected chi connectivity index (χ3v) is 9.86. The highest BCUT2D eigenvalue weighted by molar-refractivity contribution is 5.79. The fraction of sp³-hybridized carbons (Fsp3) is 0.350. The van der Waals surface area contributed by atoms with Gasteiger partial charge in [-0.05, 0) is 79.1 Å². The van der Waals surface area contributed by atoms with E-state index < -0.39 is 11.6 Å². The number of aliphatic carboxylic acids is 1. The zero-order chi connectivity index (χ0) is 31.5. The largest absolute Gasteiger partial charge is 0.497 e. The van der Waals surface area contributed by atoms with E-state index in [4.69, 9.17) is 18.9 Å². The Balaban J connectivity index is 0.996. The zero-order valence-electron chi connectivity index (χ0n) is 26.4. The number of allylic oxidation sites excluding steroid dienone is 3. The van der Waals surface area contributed by atoms with E-state index in [1.807, 2.05) is 61.5 Å². The van der Waals surface area contributed by atoms with Crippen LogP contribution in [0, 0.1) is 12.8 Å². The molecule has 6 nitrogen and oxygen atoms in total. The van der Waals surface area contributed by atoms with Gasteiger partial charge in [0, 0.05) is 30.7 Å². The van der Waals surface area contributed by atoms with Crippen molar-refractivity contribution in [3.8, 4) is 28.3 Å². The van der Waals surface area contributed by atoms with Crippen molar-refractivity contribution in [2.24, 2.45) is 5.92 Å². The van der Waals surface area contributed by atoms with Crippen molar-refractivity contribution < 1.29 is 23.8 Å². The van der Waals surface area contributed by atoms with Crippen molar-refractivity contribution in [1.29, 1.82) is 0 Å². The first-order chi connectivity index (χ1) is 22.5. The van der Waals surface area contributed by atoms with E-state index in [-0.39, 0.29) is 5.92 Å². The molecule has 7 rings (SSSR count). The molecule has 2 saturated carbocycles. The second-order valence-corrected chi connectivity index (χ2v) is 13.0. The normalized spacial score (nSPS) is 21.3. The van der Waals surface area contributed by atoms with E-state index in [0.717, 1.165) is 45.9 Å². The predicted octanol–water partition coefficient (Wildman–Crippen LogP) is 9.45. The summed E-state index contributed by atoms with van der Waals surface area (Å²) in [5.74, 6) is 2.40. The molecule has 46 heavy (non-hydrogen) atoms. The molecule has 1 heterocycles. The van der Waals surface area contributed by atoms with E-state index in [9.17, 15) is 9.90 Å². The summed E-state index contributed by atoms with van der Waals surface area (Å²) in [6, 6.07) is 26.6. The first kappa shape index (κ1) is 30.1. The number of carbonyl (C=O) groups is 1. The minimum Gasteiger partial charge on any atom is -0.497 e. The molecule has 0 amide bonds. The van der Waals surface area contributed by atoms with Gasteiger partial charge in [-0.2, -0.15) is 0 Å². The van der Waals surface area contributed by atoms with Crippen LogP contribution in [0.3, 0.4) is 0 Å². The molecule has 4 aromatic rings. The lowest BCUT2D eigenvalue weighted by molar-refractivity contribution is -0.158. The van der Waals surface area contributed by atoms with Crippen molar-refractivity contribution in [3.63, 3.8) is 0 Å². The van der Waals surface area contributed by atoms with Crippen LogP contribution in [-0.2, 0) is 16.0 Å². The SMILES string of the molecule is Cc1oc(-c2cccc(-c3ccccc3)c2)nc1CCOC1=CC=C2CC1CC(Oc1ccc(C3CCCCC3)cc1)(C(=O)O)C2. The number of benzene rings is 3. The highest BCUT2D eigenvalue weighted by Crippen LogP contribution is 2.45. The van der Waals surface area contributed by atoms with E-state index in [2.05, 4.69) is 36.4 Å². The van der Waals surface area contributed by atoms with Crippen molar-refractivity contribution in [1.82, 2.24) is 4.98 Å². The van der Waals surface area contributed by atoms with Gasteiger partial charge in [0.05, 0.1) is 18.1 Å². The van der Waals surface area contributed by atoms with E-state index in [1.54, 1.807) is 0 Å². The van der Waals surface area contributed by atoms with Crippen LogP contribution in [0.5, 0.6) is 5.75 Å². The van der Waals surface area contributed by atoms with Crippen molar-refractivity contribution >= 4 is 5.97 Å². The van der Waals surface area contributed by atoms with Gasteiger partial charge in [0.1, 0.15) is 11.5 Å². The molecule has 1 N–H and O–H groups in total. The summed E-state index contributed by atoms with van der Waals surface area (Å²) < 4.78 is 18.7. The Morgan fingerprint density at radius 1 is 0.913 bits per heavy atom. The number of nitrogens with zero attached hydrogens (tertiary/aromatic N) is 1. The second-order valence-electron chi connectivity index (χ2n) is 13.0. The molecule has 6 heteroatoms. The Morgan fingerprint density at radius 2 is 1.67 bits per heavy atom. The number of fused-ring (bicyclic) bond motifs is 2. The Hall–Kier alpha value is -4.58. The number of hydrogen-bond donors (Lipinski definition) is 1. The van der Waals surface area contributed by atoms with Crippen LogP contribution in [0.15, 0.2) is 107 Å². The number of rotatable bonds is 10. The molecule has 2 unspecified atom stereocenters. The Morgan fingerprint density at radius 3 is 2.46 bits per heavy atom. The van der Waals surface area contributed by atoms with Gasteiger partial charge in [-0.1, -0.05) is 85.5 Å². The number of carboxylic acid groups (broad SMARTS) is 1. The molecule has 3 aliphatic carbocycles. The summed E-state index contributed by atoms with van der Waals surface area (Å²) in [7, 11) is 0. The average molecular weight is 616 g/mol. The summed E-state index contributed by atoms with van der Waals surface area (Å²) in [6.45, 7) is 2.36. The van der Waals surface area contributed by atoms with Crippen LogP contribution in [0.25, 0.3) is 22.6 Å². The van der Waals surface area contributed by atoms with Gasteiger partial charge in [0.2, 0.25) is 11.5 Å². The van der Waals surface area contributed by atoms with Crippen LogP contribution in [0.4, 0.5) is 0 Å². The van der Waals surface area contributed by atoms with E-state index >= 15 is 0 Å². The van der Waals surface area contributed by atoms with Crippen molar-refractivity contribution in [2.45, 2.75) is 76.2 Å². The maximum Gasteiger partial charge on any atom is 0.348 e. The van der Waals surface area contributed by atoms with Crippen LogP contribution >= 0.6 is 0 Å². The van der Waals surface area contributed by atoms with Crippen LogP contribution < -0.4 is 4.74 Å². The van der Waals surface area contributed by atoms with Gasteiger partial charge >= 0.3 is 5.97 Å². The van der Waals surface area contributed by atoms with Gasteiger partial charge in [0.25, 0.3) is 0 Å². The predicted molar refractivity (Wildman–Crippen MR) is 179 cm³/mol. The van der Waals surface area contributed by atoms with Gasteiger partial charge < -0.3 is 19.0 Å². The number of oxazole rings is 1. The molecule has 0 spiro atoms. The lowest BCUT2D eigenvalue weighted by atomic mass is 9.72. The average Bonchev–Trinajstić information content (AvgIpc) is 3.47. The molecule has 3 aromatic carbocycles. The summed E-state index contributed by atoms with van der Waals surface area (Å²) in [6.07, 6.45) is 12.5. The molecular formula is C40H41NO5. The summed E-state index contributed by atoms with van der Waals surface area (Å²) in [5.41, 5.74) is 5.13. The number of aromatic nitrogens is 1. The number of ether oxygens (including phenoxy) is 2. The second kappa shape index (κ2) is 13.0. The fourth-order valence-corrected chi connectivity index (χ4v) is 7.39. The van der Waals surface area contributed by atoms with Crippen LogP contribution in [-0.4, -0.2) is 28.3 Å². The molecule has 0 saturated heterocycles. The van der Waals surface area contributed by atoms with E-state index in [1.165, 1.54) is 37.7 Å². The monoisotopic (exact) mass is 615 g/mol. The first-order valence-corrected chi connectivity index (χ1v) is 16.6. The summed E-state index contributed by atoms with van der Waals surface area (Å²) in [5, 5.41) is 10.5. The molecule has 3 aliphatic rings. The fourth-order valence-electron chi connectivity index (χ4n) is 7.39. The molecule has 2 bridgehead atoms. The number of carboxylic acids is 1. The van der Waals surface area contributed by atoms with Gasteiger partial charge in [0.15, 0.2) is 0 Å². The zero-order valence-corrected chi connectivity index (χ0v) is 26.4. The Labute approximate surface area is 270 Å². The third kappa shape index (κ3) is 6.39. The highest BCUT2D eigenvalue weighted by Gasteiger charge is 2.49. The number of aryl methyl sites for hydroxylation is 1. The quantitative estimate of drug-likeness (QED) is 0.191. The maximum absolute atomic E-state index is 12.8. The lowest BCUT2D eigenvalue weighted by Gasteiger charge is -2.41. The smallest absolute Gasteiger partial charge is 0.348 e. The topological polar surface area (TPSA) is 81.8 Å². The first-order valence-electron chi connectivity index (χ1n) is 16.6. The molecule has 0 aliphatic heterocycles. The summed E-state index contributed by atoms with van der Waals surface area (Å²) in [4.78, 5) is 17.6. The van der Waals surface area contributed by atoms with Gasteiger partial charge in [-0.25, -0.2) is 9.78 Å².